The number of allylic oxidation sites excluding steroid dienone is 16. The van der Waals surface area contributed by atoms with Gasteiger partial charge in [0.15, 0.2) is 0 Å². The molecule has 2 unspecified atom stereocenters. The molecule has 4 nitrogen and oxygen atoms in total. The minimum Gasteiger partial charge on any atom is -0.394 e. The Morgan fingerprint density at radius 2 is 0.710 bits per heavy atom. The van der Waals surface area contributed by atoms with Gasteiger partial charge in [-0.3, -0.25) is 4.79 Å². The molecular weight excluding hydrogens is 759 g/mol. The predicted octanol–water partition coefficient (Wildman–Crippen LogP) is 17.4. The zero-order chi connectivity index (χ0) is 44.9. The number of hydrogen-bond acceptors (Lipinski definition) is 3. The molecule has 0 rings (SSSR count). The van der Waals surface area contributed by atoms with E-state index in [0.29, 0.717) is 12.8 Å². The van der Waals surface area contributed by atoms with Crippen molar-refractivity contribution in [1.29, 1.82) is 0 Å². The minimum absolute atomic E-state index is 0.0370. The van der Waals surface area contributed by atoms with Crippen molar-refractivity contribution in [1.82, 2.24) is 5.32 Å². The first-order valence-corrected chi connectivity index (χ1v) is 26.4. The largest absolute Gasteiger partial charge is 0.394 e. The van der Waals surface area contributed by atoms with Crippen molar-refractivity contribution in [2.24, 2.45) is 0 Å². The van der Waals surface area contributed by atoms with Crippen LogP contribution in [-0.2, 0) is 4.79 Å². The fraction of sp³-hybridized carbons (Fsp3) is 0.707. The normalized spacial score (nSPS) is 13.7. The molecular formula is C58H101NO3. The first-order valence-electron chi connectivity index (χ1n) is 26.4. The Morgan fingerprint density at radius 1 is 0.403 bits per heavy atom. The van der Waals surface area contributed by atoms with Crippen molar-refractivity contribution < 1.29 is 15.0 Å². The summed E-state index contributed by atoms with van der Waals surface area (Å²) in [5.74, 6) is -0.0370. The van der Waals surface area contributed by atoms with E-state index in [1.165, 1.54) is 141 Å². The Hall–Kier alpha value is -2.69. The van der Waals surface area contributed by atoms with E-state index in [9.17, 15) is 15.0 Å². The van der Waals surface area contributed by atoms with Crippen LogP contribution in [0.3, 0.4) is 0 Å². The molecule has 0 radical (unpaired) electrons. The monoisotopic (exact) mass is 860 g/mol. The standard InChI is InChI=1S/C58H101NO3/c1-3-5-7-9-11-13-15-17-18-19-20-21-22-23-24-25-26-27-28-29-30-31-32-33-34-35-36-37-38-39-40-42-44-46-48-50-52-54-58(62)59-56(55-60)57(61)53-51-49-47-45-43-41-16-14-12-10-8-6-4-2/h5,7,11,13,17-18,20-21,23-24,26-27,29-30,32-33,56-57,60-61H,3-4,6,8-10,12,14-16,19,22,25,28,31,34-55H2,1-2H3,(H,59,62)/b7-5-,13-11-,18-17-,21-20-,24-23-,27-26-,30-29-,33-32-. The molecule has 0 aliphatic heterocycles. The van der Waals surface area contributed by atoms with Crippen LogP contribution in [0.1, 0.15) is 245 Å². The summed E-state index contributed by atoms with van der Waals surface area (Å²) in [5.41, 5.74) is 0. The number of aliphatic hydroxyl groups is 2. The maximum Gasteiger partial charge on any atom is 0.220 e. The molecule has 1 amide bonds. The molecule has 0 fully saturated rings. The van der Waals surface area contributed by atoms with E-state index < -0.39 is 12.1 Å². The van der Waals surface area contributed by atoms with Gasteiger partial charge in [0.05, 0.1) is 18.8 Å². The molecule has 0 aliphatic rings. The number of carbonyl (C=O) groups excluding carboxylic acids is 1. The summed E-state index contributed by atoms with van der Waals surface area (Å²) in [6.45, 7) is 4.24. The summed E-state index contributed by atoms with van der Waals surface area (Å²) in [6, 6.07) is -0.541. The molecule has 2 atom stereocenters. The number of aliphatic hydroxyl groups excluding tert-OH is 2. The van der Waals surface area contributed by atoms with E-state index in [4.69, 9.17) is 0 Å². The van der Waals surface area contributed by atoms with Gasteiger partial charge in [-0.25, -0.2) is 0 Å². The van der Waals surface area contributed by atoms with E-state index in [-0.39, 0.29) is 12.5 Å². The number of hydrogen-bond donors (Lipinski definition) is 3. The van der Waals surface area contributed by atoms with E-state index >= 15 is 0 Å². The van der Waals surface area contributed by atoms with Gasteiger partial charge in [-0.05, 0) is 77.0 Å². The fourth-order valence-electron chi connectivity index (χ4n) is 7.61. The van der Waals surface area contributed by atoms with Crippen LogP contribution in [0.15, 0.2) is 97.2 Å². The quantitative estimate of drug-likeness (QED) is 0.0422. The highest BCUT2D eigenvalue weighted by Crippen LogP contribution is 2.16. The second kappa shape index (κ2) is 52.7. The van der Waals surface area contributed by atoms with Crippen molar-refractivity contribution in [2.45, 2.75) is 257 Å². The highest BCUT2D eigenvalue weighted by atomic mass is 16.3. The molecule has 356 valence electrons. The maximum atomic E-state index is 12.4. The Kier molecular flexibility index (Phi) is 50.4. The molecule has 0 aliphatic carbocycles. The summed E-state index contributed by atoms with van der Waals surface area (Å²) in [7, 11) is 0. The van der Waals surface area contributed by atoms with E-state index in [2.05, 4.69) is 116 Å². The van der Waals surface area contributed by atoms with Crippen molar-refractivity contribution in [3.63, 3.8) is 0 Å². The predicted molar refractivity (Wildman–Crippen MR) is 276 cm³/mol. The number of unbranched alkanes of at least 4 members (excludes halogenated alkanes) is 24. The lowest BCUT2D eigenvalue weighted by Crippen LogP contribution is -2.45. The first kappa shape index (κ1) is 59.3. The second-order valence-electron chi connectivity index (χ2n) is 17.6. The van der Waals surface area contributed by atoms with Gasteiger partial charge in [0.25, 0.3) is 0 Å². The van der Waals surface area contributed by atoms with Crippen LogP contribution < -0.4 is 5.32 Å². The lowest BCUT2D eigenvalue weighted by atomic mass is 10.0. The topological polar surface area (TPSA) is 69.6 Å². The van der Waals surface area contributed by atoms with Gasteiger partial charge in [0.2, 0.25) is 5.91 Å². The lowest BCUT2D eigenvalue weighted by molar-refractivity contribution is -0.123. The average molecular weight is 860 g/mol. The number of carbonyl (C=O) groups is 1. The minimum atomic E-state index is -0.664. The van der Waals surface area contributed by atoms with Crippen LogP contribution in [-0.4, -0.2) is 34.9 Å². The Balaban J connectivity index is 3.54. The fourth-order valence-corrected chi connectivity index (χ4v) is 7.61. The highest BCUT2D eigenvalue weighted by molar-refractivity contribution is 5.76. The van der Waals surface area contributed by atoms with Crippen LogP contribution in [0.25, 0.3) is 0 Å². The van der Waals surface area contributed by atoms with Crippen molar-refractivity contribution in [2.75, 3.05) is 6.61 Å². The molecule has 0 bridgehead atoms. The van der Waals surface area contributed by atoms with Gasteiger partial charge in [-0.15, -0.1) is 0 Å². The molecule has 62 heavy (non-hydrogen) atoms. The third-order valence-corrected chi connectivity index (χ3v) is 11.6. The molecule has 0 saturated heterocycles. The second-order valence-corrected chi connectivity index (χ2v) is 17.6. The molecule has 3 N–H and O–H groups in total. The molecule has 0 spiro atoms. The Morgan fingerprint density at radius 3 is 1.06 bits per heavy atom. The molecule has 0 aromatic rings. The van der Waals surface area contributed by atoms with Crippen LogP contribution in [0.4, 0.5) is 0 Å². The zero-order valence-corrected chi connectivity index (χ0v) is 40.9. The molecule has 0 heterocycles. The Bertz CT molecular complexity index is 1160. The lowest BCUT2D eigenvalue weighted by Gasteiger charge is -2.22. The van der Waals surface area contributed by atoms with Gasteiger partial charge in [0.1, 0.15) is 0 Å². The smallest absolute Gasteiger partial charge is 0.220 e. The van der Waals surface area contributed by atoms with E-state index in [1.807, 2.05) is 0 Å². The van der Waals surface area contributed by atoms with Gasteiger partial charge in [-0.2, -0.15) is 0 Å². The highest BCUT2D eigenvalue weighted by Gasteiger charge is 2.20. The third-order valence-electron chi connectivity index (χ3n) is 11.6. The van der Waals surface area contributed by atoms with Crippen LogP contribution in [0, 0.1) is 0 Å². The summed E-state index contributed by atoms with van der Waals surface area (Å²) in [6.07, 6.45) is 78.0. The number of nitrogens with one attached hydrogen (secondary N) is 1. The molecule has 0 aromatic carbocycles. The van der Waals surface area contributed by atoms with Gasteiger partial charge in [-0.1, -0.05) is 259 Å². The van der Waals surface area contributed by atoms with Gasteiger partial charge < -0.3 is 15.5 Å². The van der Waals surface area contributed by atoms with Crippen molar-refractivity contribution >= 4 is 5.91 Å². The average Bonchev–Trinajstić information content (AvgIpc) is 3.28. The number of amides is 1. The number of rotatable bonds is 47. The summed E-state index contributed by atoms with van der Waals surface area (Å²) < 4.78 is 0. The first-order chi connectivity index (χ1) is 30.7. The maximum absolute atomic E-state index is 12.4. The van der Waals surface area contributed by atoms with Crippen molar-refractivity contribution in [3.05, 3.63) is 97.2 Å². The SMILES string of the molecule is CC/C=C\C/C=C\C/C=C\C/C=C\C/C=C\C/C=C\C/C=C\C/C=C\CCCCCCCCCCCCCCC(=O)NC(CO)C(O)CCCCCCCCCCCCCCC. The third kappa shape index (κ3) is 48.3. The molecule has 0 aromatic heterocycles. The van der Waals surface area contributed by atoms with Gasteiger partial charge >= 0.3 is 0 Å². The summed E-state index contributed by atoms with van der Waals surface area (Å²) >= 11 is 0. The van der Waals surface area contributed by atoms with Gasteiger partial charge in [0, 0.05) is 6.42 Å². The van der Waals surface area contributed by atoms with Crippen LogP contribution in [0.5, 0.6) is 0 Å². The van der Waals surface area contributed by atoms with E-state index in [1.54, 1.807) is 0 Å². The molecule has 0 saturated carbocycles. The zero-order valence-electron chi connectivity index (χ0n) is 40.9. The van der Waals surface area contributed by atoms with Crippen LogP contribution >= 0.6 is 0 Å². The molecule has 4 heteroatoms. The van der Waals surface area contributed by atoms with E-state index in [0.717, 1.165) is 77.0 Å². The van der Waals surface area contributed by atoms with Crippen LogP contribution in [0.2, 0.25) is 0 Å². The summed E-state index contributed by atoms with van der Waals surface area (Å²) in [4.78, 5) is 12.4. The Labute approximate surface area is 385 Å². The summed E-state index contributed by atoms with van der Waals surface area (Å²) in [5, 5.41) is 23.2. The van der Waals surface area contributed by atoms with Crippen molar-refractivity contribution in [3.8, 4) is 0 Å².